The predicted molar refractivity (Wildman–Crippen MR) is 131 cm³/mol. The van der Waals surface area contributed by atoms with Crippen LogP contribution in [0, 0.1) is 5.92 Å². The number of hydrogen-bond donors (Lipinski definition) is 0. The second-order valence-corrected chi connectivity index (χ2v) is 10.5. The molecule has 2 heterocycles. The van der Waals surface area contributed by atoms with Crippen molar-refractivity contribution in [2.45, 2.75) is 77.3 Å². The Morgan fingerprint density at radius 1 is 1.03 bits per heavy atom. The molecule has 1 aliphatic heterocycles. The Bertz CT molecular complexity index is 998. The lowest BCUT2D eigenvalue weighted by molar-refractivity contribution is -0.144. The number of amides is 1. The Morgan fingerprint density at radius 2 is 1.69 bits per heavy atom. The number of rotatable bonds is 6. The lowest BCUT2D eigenvalue weighted by Gasteiger charge is -2.44. The number of para-hydroxylation sites is 1. The van der Waals surface area contributed by atoms with E-state index in [0.717, 1.165) is 56.2 Å². The summed E-state index contributed by atoms with van der Waals surface area (Å²) in [6.07, 6.45) is 9.22. The van der Waals surface area contributed by atoms with E-state index in [1.807, 2.05) is 42.3 Å². The van der Waals surface area contributed by atoms with Crippen molar-refractivity contribution in [2.24, 2.45) is 13.0 Å². The monoisotopic (exact) mass is 437 g/mol. The molecule has 2 aliphatic rings. The second kappa shape index (κ2) is 9.78. The molecule has 1 saturated heterocycles. The SMILES string of the molecule is Cn1c(=O)c(CN(C(=O)C2CCCCC2)C(C)(C)CN2CCCCC2)cc2ccccc21. The van der Waals surface area contributed by atoms with Crippen molar-refractivity contribution < 1.29 is 4.79 Å². The summed E-state index contributed by atoms with van der Waals surface area (Å²) >= 11 is 0. The fourth-order valence-corrected chi connectivity index (χ4v) is 5.68. The maximum Gasteiger partial charge on any atom is 0.255 e. The summed E-state index contributed by atoms with van der Waals surface area (Å²) < 4.78 is 1.73. The van der Waals surface area contributed by atoms with E-state index in [9.17, 15) is 9.59 Å². The molecule has 1 aliphatic carbocycles. The maximum absolute atomic E-state index is 13.8. The van der Waals surface area contributed by atoms with Crippen molar-refractivity contribution in [1.29, 1.82) is 0 Å². The van der Waals surface area contributed by atoms with Crippen LogP contribution >= 0.6 is 0 Å². The third kappa shape index (κ3) is 4.93. The smallest absolute Gasteiger partial charge is 0.255 e. The lowest BCUT2D eigenvalue weighted by atomic mass is 9.86. The molecule has 32 heavy (non-hydrogen) atoms. The maximum atomic E-state index is 13.8. The summed E-state index contributed by atoms with van der Waals surface area (Å²) in [6, 6.07) is 9.98. The number of nitrogens with zero attached hydrogens (tertiary/aromatic N) is 3. The van der Waals surface area contributed by atoms with E-state index in [2.05, 4.69) is 18.7 Å². The van der Waals surface area contributed by atoms with Crippen LogP contribution in [0.15, 0.2) is 35.1 Å². The van der Waals surface area contributed by atoms with Crippen LogP contribution < -0.4 is 5.56 Å². The number of hydrogen-bond acceptors (Lipinski definition) is 3. The van der Waals surface area contributed by atoms with Gasteiger partial charge in [0.2, 0.25) is 5.91 Å². The molecule has 1 saturated carbocycles. The van der Waals surface area contributed by atoms with Crippen molar-refractivity contribution in [3.05, 3.63) is 46.2 Å². The largest absolute Gasteiger partial charge is 0.332 e. The van der Waals surface area contributed by atoms with E-state index in [1.165, 1.54) is 25.7 Å². The summed E-state index contributed by atoms with van der Waals surface area (Å²) in [7, 11) is 1.83. The Kier molecular flexibility index (Phi) is 7.04. The highest BCUT2D eigenvalue weighted by Crippen LogP contribution is 2.30. The van der Waals surface area contributed by atoms with Crippen LogP contribution in [0.2, 0.25) is 0 Å². The van der Waals surface area contributed by atoms with E-state index in [-0.39, 0.29) is 22.9 Å². The number of aryl methyl sites for hydroxylation is 1. The van der Waals surface area contributed by atoms with Gasteiger partial charge in [0, 0.05) is 25.1 Å². The minimum Gasteiger partial charge on any atom is -0.332 e. The minimum atomic E-state index is -0.331. The van der Waals surface area contributed by atoms with Gasteiger partial charge in [-0.2, -0.15) is 0 Å². The van der Waals surface area contributed by atoms with Gasteiger partial charge in [-0.25, -0.2) is 0 Å². The Morgan fingerprint density at radius 3 is 2.41 bits per heavy atom. The molecular formula is C27H39N3O2. The Hall–Kier alpha value is -2.14. The molecule has 0 unspecified atom stereocenters. The van der Waals surface area contributed by atoms with Gasteiger partial charge in [0.1, 0.15) is 0 Å². The normalized spacial score (nSPS) is 18.7. The number of aromatic nitrogens is 1. The molecule has 0 N–H and O–H groups in total. The highest BCUT2D eigenvalue weighted by molar-refractivity contribution is 5.81. The number of pyridine rings is 1. The molecule has 4 rings (SSSR count). The molecule has 1 aromatic heterocycles. The van der Waals surface area contributed by atoms with E-state index in [1.54, 1.807) is 4.57 Å². The van der Waals surface area contributed by atoms with Gasteiger partial charge in [-0.05, 0) is 70.1 Å². The van der Waals surface area contributed by atoms with Gasteiger partial charge in [-0.15, -0.1) is 0 Å². The predicted octanol–water partition coefficient (Wildman–Crippen LogP) is 4.71. The first-order valence-corrected chi connectivity index (χ1v) is 12.5. The summed E-state index contributed by atoms with van der Waals surface area (Å²) in [4.78, 5) is 31.6. The summed E-state index contributed by atoms with van der Waals surface area (Å²) in [5.74, 6) is 0.329. The fourth-order valence-electron chi connectivity index (χ4n) is 5.68. The van der Waals surface area contributed by atoms with Crippen LogP contribution in [0.5, 0.6) is 0 Å². The number of benzene rings is 1. The van der Waals surface area contributed by atoms with Crippen LogP contribution in [0.1, 0.15) is 70.8 Å². The minimum absolute atomic E-state index is 0.00100. The third-order valence-corrected chi connectivity index (χ3v) is 7.55. The van der Waals surface area contributed by atoms with Gasteiger partial charge >= 0.3 is 0 Å². The number of fused-ring (bicyclic) bond motifs is 1. The standard InChI is InChI=1S/C27H39N3O2/c1-27(2,20-29-16-10-5-11-17-29)30(26(32)21-12-6-4-7-13-21)19-23-18-22-14-8-9-15-24(22)28(3)25(23)31/h8-9,14-15,18,21H,4-7,10-13,16-17,19-20H2,1-3H3. The number of piperidine rings is 1. The van der Waals surface area contributed by atoms with Crippen molar-refractivity contribution >= 4 is 16.8 Å². The van der Waals surface area contributed by atoms with Crippen LogP contribution in [0.4, 0.5) is 0 Å². The molecule has 0 radical (unpaired) electrons. The van der Waals surface area contributed by atoms with E-state index in [0.29, 0.717) is 12.1 Å². The van der Waals surface area contributed by atoms with Gasteiger partial charge in [0.15, 0.2) is 0 Å². The van der Waals surface area contributed by atoms with E-state index in [4.69, 9.17) is 0 Å². The van der Waals surface area contributed by atoms with Crippen LogP contribution in [0.25, 0.3) is 10.9 Å². The Labute approximate surface area is 192 Å². The van der Waals surface area contributed by atoms with Gasteiger partial charge in [0.05, 0.1) is 17.6 Å². The van der Waals surface area contributed by atoms with E-state index >= 15 is 0 Å². The molecule has 2 fully saturated rings. The Balaban J connectivity index is 1.67. The quantitative estimate of drug-likeness (QED) is 0.657. The molecule has 0 atom stereocenters. The topological polar surface area (TPSA) is 45.6 Å². The first-order chi connectivity index (χ1) is 15.4. The second-order valence-electron chi connectivity index (χ2n) is 10.5. The molecule has 0 spiro atoms. The average molecular weight is 438 g/mol. The van der Waals surface area contributed by atoms with Crippen LogP contribution in [0.3, 0.4) is 0 Å². The summed E-state index contributed by atoms with van der Waals surface area (Å²) in [5.41, 5.74) is 1.31. The zero-order valence-corrected chi connectivity index (χ0v) is 20.1. The fraction of sp³-hybridized carbons (Fsp3) is 0.630. The summed E-state index contributed by atoms with van der Waals surface area (Å²) in [5, 5.41) is 1.04. The summed E-state index contributed by atoms with van der Waals surface area (Å²) in [6.45, 7) is 7.83. The van der Waals surface area contributed by atoms with Gasteiger partial charge < -0.3 is 14.4 Å². The molecular weight excluding hydrogens is 398 g/mol. The first-order valence-electron chi connectivity index (χ1n) is 12.5. The molecule has 5 heteroatoms. The average Bonchev–Trinajstić information content (AvgIpc) is 2.81. The first kappa shape index (κ1) is 23.0. The lowest BCUT2D eigenvalue weighted by Crippen LogP contribution is -2.56. The van der Waals surface area contributed by atoms with Gasteiger partial charge in [0.25, 0.3) is 5.56 Å². The molecule has 2 aromatic rings. The molecule has 174 valence electrons. The van der Waals surface area contributed by atoms with Crippen LogP contribution in [-0.2, 0) is 18.4 Å². The van der Waals surface area contributed by atoms with Crippen molar-refractivity contribution in [2.75, 3.05) is 19.6 Å². The van der Waals surface area contributed by atoms with Crippen molar-refractivity contribution in [1.82, 2.24) is 14.4 Å². The highest BCUT2D eigenvalue weighted by Gasteiger charge is 2.37. The molecule has 0 bridgehead atoms. The number of carbonyl (C=O) groups is 1. The third-order valence-electron chi connectivity index (χ3n) is 7.55. The molecule has 1 aromatic carbocycles. The van der Waals surface area contributed by atoms with Gasteiger partial charge in [-0.1, -0.05) is 43.9 Å². The van der Waals surface area contributed by atoms with Gasteiger partial charge in [-0.3, -0.25) is 9.59 Å². The molecule has 5 nitrogen and oxygen atoms in total. The van der Waals surface area contributed by atoms with E-state index < -0.39 is 0 Å². The molecule has 1 amide bonds. The van der Waals surface area contributed by atoms with Crippen LogP contribution in [-0.4, -0.2) is 45.4 Å². The zero-order chi connectivity index (χ0) is 22.7. The number of carbonyl (C=O) groups excluding carboxylic acids is 1. The van der Waals surface area contributed by atoms with Crippen molar-refractivity contribution in [3.8, 4) is 0 Å². The van der Waals surface area contributed by atoms with Crippen molar-refractivity contribution in [3.63, 3.8) is 0 Å². The zero-order valence-electron chi connectivity index (χ0n) is 20.1. The number of likely N-dealkylation sites (tertiary alicyclic amines) is 1. The highest BCUT2D eigenvalue weighted by atomic mass is 16.2.